The summed E-state index contributed by atoms with van der Waals surface area (Å²) in [5, 5.41) is 1.20. The molecule has 0 amide bonds. The third-order valence-electron chi connectivity index (χ3n) is 4.58. The van der Waals surface area contributed by atoms with Crippen molar-refractivity contribution in [3.63, 3.8) is 0 Å². The monoisotopic (exact) mass is 589 g/mol. The summed E-state index contributed by atoms with van der Waals surface area (Å²) < 4.78 is 75.6. The van der Waals surface area contributed by atoms with Crippen molar-refractivity contribution >= 4 is 67.5 Å². The molecule has 1 saturated heterocycles. The van der Waals surface area contributed by atoms with Crippen LogP contribution in [-0.4, -0.2) is 50.6 Å². The maximum absolute atomic E-state index is 12.7. The van der Waals surface area contributed by atoms with Crippen molar-refractivity contribution < 1.29 is 26.3 Å². The molecule has 0 spiro atoms. The van der Waals surface area contributed by atoms with E-state index in [1.165, 1.54) is 31.3 Å². The molecule has 1 aliphatic rings. The number of para-hydroxylation sites is 2. The summed E-state index contributed by atoms with van der Waals surface area (Å²) in [5.41, 5.74) is 4.86. The van der Waals surface area contributed by atoms with Crippen LogP contribution in [0.2, 0.25) is 5.02 Å². The number of alkyl halides is 6. The molecule has 0 atom stereocenters. The maximum atomic E-state index is 12.7. The molecule has 1 fully saturated rings. The Kier molecular flexibility index (Phi) is 8.08. The molecule has 198 valence electrons. The lowest BCUT2D eigenvalue weighted by atomic mass is 10.3. The fourth-order valence-corrected chi connectivity index (χ4v) is 4.73. The molecular formula is C22H14ClF6N7S2. The van der Waals surface area contributed by atoms with Crippen LogP contribution in [0.5, 0.6) is 0 Å². The van der Waals surface area contributed by atoms with E-state index in [9.17, 15) is 26.3 Å². The van der Waals surface area contributed by atoms with Gasteiger partial charge in [-0.3, -0.25) is 9.89 Å². The van der Waals surface area contributed by atoms with Crippen molar-refractivity contribution in [1.82, 2.24) is 15.0 Å². The lowest BCUT2D eigenvalue weighted by molar-refractivity contribution is -0.121. The van der Waals surface area contributed by atoms with Gasteiger partial charge in [-0.05, 0) is 48.2 Å². The summed E-state index contributed by atoms with van der Waals surface area (Å²) in [6, 6.07) is 13.4. The number of aromatic nitrogens is 3. The summed E-state index contributed by atoms with van der Waals surface area (Å²) in [7, 11) is 1.23. The van der Waals surface area contributed by atoms with Crippen LogP contribution in [0, 0.1) is 0 Å². The highest BCUT2D eigenvalue weighted by atomic mass is 35.5. The molecule has 2 aromatic carbocycles. The number of benzene rings is 2. The number of nitrogens with zero attached hydrogens (tertiary/aromatic N) is 6. The Morgan fingerprint density at radius 3 is 2.21 bits per heavy atom. The highest BCUT2D eigenvalue weighted by molar-refractivity contribution is 8.29. The molecule has 0 bridgehead atoms. The van der Waals surface area contributed by atoms with Gasteiger partial charge >= 0.3 is 12.6 Å². The molecule has 2 aromatic heterocycles. The van der Waals surface area contributed by atoms with Crippen LogP contribution in [0.3, 0.4) is 0 Å². The van der Waals surface area contributed by atoms with E-state index in [2.05, 4.69) is 29.9 Å². The Bertz CT molecular complexity index is 1460. The van der Waals surface area contributed by atoms with Gasteiger partial charge in [-0.25, -0.2) is 9.97 Å². The highest BCUT2D eigenvalue weighted by Gasteiger charge is 2.41. The van der Waals surface area contributed by atoms with E-state index >= 15 is 0 Å². The number of fused-ring (bicyclic) bond motifs is 1. The molecule has 0 radical (unpaired) electrons. The molecule has 7 nitrogen and oxygen atoms in total. The Balaban J connectivity index is 0.000000201. The van der Waals surface area contributed by atoms with E-state index in [1.54, 1.807) is 11.3 Å². The van der Waals surface area contributed by atoms with Crippen molar-refractivity contribution in [1.29, 1.82) is 0 Å². The van der Waals surface area contributed by atoms with Crippen LogP contribution in [0.1, 0.15) is 0 Å². The number of halogens is 7. The second kappa shape index (κ2) is 11.1. The number of anilines is 1. The second-order valence-electron chi connectivity index (χ2n) is 7.18. The number of hydrogen-bond acceptors (Lipinski definition) is 7. The molecule has 1 aliphatic heterocycles. The number of rotatable bonds is 2. The number of thioether (sulfide) groups is 1. The summed E-state index contributed by atoms with van der Waals surface area (Å²) in [6.07, 6.45) is -10.1. The van der Waals surface area contributed by atoms with Gasteiger partial charge in [-0.15, -0.1) is 37.7 Å². The van der Waals surface area contributed by atoms with E-state index in [0.29, 0.717) is 16.8 Å². The fourth-order valence-electron chi connectivity index (χ4n) is 3.14. The van der Waals surface area contributed by atoms with Crippen molar-refractivity contribution in [3.05, 3.63) is 64.4 Å². The zero-order valence-electron chi connectivity index (χ0n) is 18.9. The number of aliphatic imine (C=N–C) groups is 3. The lowest BCUT2D eigenvalue weighted by Crippen LogP contribution is -2.33. The number of imidazole rings is 1. The van der Waals surface area contributed by atoms with Crippen molar-refractivity contribution in [2.45, 2.75) is 12.6 Å². The van der Waals surface area contributed by atoms with E-state index in [4.69, 9.17) is 11.6 Å². The normalized spacial score (nSPS) is 17.5. The Morgan fingerprint density at radius 1 is 0.947 bits per heavy atom. The zero-order chi connectivity index (χ0) is 27.5. The smallest absolute Gasteiger partial charge is 0.337 e. The third-order valence-corrected chi connectivity index (χ3v) is 6.44. The number of thiazole rings is 1. The first-order valence-corrected chi connectivity index (χ1v) is 12.4. The predicted octanol–water partition coefficient (Wildman–Crippen LogP) is 7.40. The number of hydrogen-bond donors (Lipinski definition) is 1. The molecule has 4 aromatic rings. The molecule has 0 aliphatic carbocycles. The summed E-state index contributed by atoms with van der Waals surface area (Å²) in [6.45, 7) is 0. The number of nitrogens with one attached hydrogen (secondary N) is 1. The van der Waals surface area contributed by atoms with Crippen LogP contribution in [-0.2, 0) is 0 Å². The van der Waals surface area contributed by atoms with Gasteiger partial charge < -0.3 is 4.98 Å². The summed E-state index contributed by atoms with van der Waals surface area (Å²) in [5.74, 6) is -0.166. The van der Waals surface area contributed by atoms with Crippen LogP contribution in [0.25, 0.3) is 22.6 Å². The molecule has 3 heterocycles. The largest absolute Gasteiger partial charge is 0.505 e. The van der Waals surface area contributed by atoms with Crippen LogP contribution < -0.4 is 4.90 Å². The maximum Gasteiger partial charge on any atom is 0.505 e. The van der Waals surface area contributed by atoms with Gasteiger partial charge in [0.1, 0.15) is 5.69 Å². The summed E-state index contributed by atoms with van der Waals surface area (Å²) in [4.78, 5) is 21.2. The minimum atomic E-state index is -5.09. The van der Waals surface area contributed by atoms with Gasteiger partial charge in [-0.2, -0.15) is 9.98 Å². The number of H-pyrrole nitrogens is 1. The Labute approximate surface area is 224 Å². The number of amidine groups is 2. The SMILES string of the molecule is C/N=C1/SC(=N/C(F)(F)F)/C(=N/C(F)(F)F)N1c1ccc(Cl)cc1.c1ccc2[nH]c(-c3cscn3)nc2c1. The molecule has 1 N–H and O–H groups in total. The Morgan fingerprint density at radius 2 is 1.63 bits per heavy atom. The quantitative estimate of drug-likeness (QED) is 0.195. The minimum Gasteiger partial charge on any atom is -0.337 e. The van der Waals surface area contributed by atoms with E-state index < -0.39 is 23.5 Å². The predicted molar refractivity (Wildman–Crippen MR) is 139 cm³/mol. The van der Waals surface area contributed by atoms with Crippen molar-refractivity contribution in [3.8, 4) is 11.5 Å². The average molecular weight is 590 g/mol. The van der Waals surface area contributed by atoms with Gasteiger partial charge in [0.05, 0.1) is 16.5 Å². The average Bonchev–Trinajstić information content (AvgIpc) is 3.57. The highest BCUT2D eigenvalue weighted by Crippen LogP contribution is 2.34. The van der Waals surface area contributed by atoms with E-state index in [1.807, 2.05) is 35.2 Å². The molecule has 5 rings (SSSR count). The first kappa shape index (κ1) is 27.6. The number of aromatic amines is 1. The standard InChI is InChI=1S/C12H7ClF6N4S.C10H7N3S/c1-20-10-23(7-4-2-6(13)3-5-7)8(21-11(14,15)16)9(24-10)22-12(17,18)19;1-2-4-8-7(3-1)12-10(13-8)9-5-14-6-11-9/h2-5H,1H3;1-6H,(H,12,13)/b20-10+,21-8-,22-9+;. The third kappa shape index (κ3) is 6.90. The molecule has 16 heteroatoms. The van der Waals surface area contributed by atoms with Crippen LogP contribution >= 0.6 is 34.7 Å². The second-order valence-corrected chi connectivity index (χ2v) is 9.30. The van der Waals surface area contributed by atoms with Crippen molar-refractivity contribution in [2.75, 3.05) is 11.9 Å². The minimum absolute atomic E-state index is 0.114. The molecule has 38 heavy (non-hydrogen) atoms. The fraction of sp³-hybridized carbons (Fsp3) is 0.136. The first-order valence-electron chi connectivity index (χ1n) is 10.3. The van der Waals surface area contributed by atoms with Gasteiger partial charge in [-0.1, -0.05) is 23.7 Å². The molecule has 0 saturated carbocycles. The lowest BCUT2D eigenvalue weighted by Gasteiger charge is -2.18. The van der Waals surface area contributed by atoms with Crippen molar-refractivity contribution in [2.24, 2.45) is 15.0 Å². The molecule has 0 unspecified atom stereocenters. The first-order chi connectivity index (χ1) is 17.9. The molecular weight excluding hydrogens is 576 g/mol. The topological polar surface area (TPSA) is 81.9 Å². The van der Waals surface area contributed by atoms with Gasteiger partial charge in [0.25, 0.3) is 0 Å². The van der Waals surface area contributed by atoms with Gasteiger partial charge in [0.15, 0.2) is 21.9 Å². The van der Waals surface area contributed by atoms with Crippen LogP contribution in [0.4, 0.5) is 32.0 Å². The van der Waals surface area contributed by atoms with Gasteiger partial charge in [0.2, 0.25) is 0 Å². The van der Waals surface area contributed by atoms with E-state index in [0.717, 1.165) is 27.5 Å². The Hall–Kier alpha value is -3.43. The van der Waals surface area contributed by atoms with Crippen LogP contribution in [0.15, 0.2) is 74.4 Å². The van der Waals surface area contributed by atoms with Gasteiger partial charge in [0, 0.05) is 23.1 Å². The summed E-state index contributed by atoms with van der Waals surface area (Å²) >= 11 is 7.62. The zero-order valence-corrected chi connectivity index (χ0v) is 21.3. The van der Waals surface area contributed by atoms with E-state index in [-0.39, 0.29) is 10.9 Å².